The predicted molar refractivity (Wildman–Crippen MR) is 59.3 cm³/mol. The van der Waals surface area contributed by atoms with E-state index >= 15 is 0 Å². The number of carbonyl (C=O) groups is 1. The second-order valence-electron chi connectivity index (χ2n) is 3.86. The molecule has 0 saturated heterocycles. The average molecular weight is 205 g/mol. The molecule has 1 aromatic carbocycles. The molecule has 1 aliphatic heterocycles. The Bertz CT molecular complexity index is 376. The van der Waals surface area contributed by atoms with Crippen molar-refractivity contribution in [1.29, 1.82) is 0 Å². The van der Waals surface area contributed by atoms with Crippen LogP contribution in [0.2, 0.25) is 0 Å². The van der Waals surface area contributed by atoms with Crippen molar-refractivity contribution in [3.05, 3.63) is 23.8 Å². The number of hydrogen-bond acceptors (Lipinski definition) is 2. The van der Waals surface area contributed by atoms with E-state index in [2.05, 4.69) is 6.92 Å². The minimum absolute atomic E-state index is 0.280. The number of hydrogen-bond donors (Lipinski definition) is 0. The molecule has 0 saturated carbocycles. The lowest BCUT2D eigenvalue weighted by Crippen LogP contribution is -2.36. The summed E-state index contributed by atoms with van der Waals surface area (Å²) in [5.74, 6) is 0.881. The highest BCUT2D eigenvalue weighted by molar-refractivity contribution is 5.80. The maximum absolute atomic E-state index is 11.0. The zero-order valence-electron chi connectivity index (χ0n) is 9.06. The Labute approximate surface area is 89.7 Å². The number of methoxy groups -OCH3 is 1. The highest BCUT2D eigenvalue weighted by Crippen LogP contribution is 2.35. The van der Waals surface area contributed by atoms with Gasteiger partial charge >= 0.3 is 0 Å². The molecular formula is C12H15NO2. The maximum Gasteiger partial charge on any atom is 0.214 e. The minimum Gasteiger partial charge on any atom is -0.496 e. The van der Waals surface area contributed by atoms with Gasteiger partial charge in [0.25, 0.3) is 0 Å². The van der Waals surface area contributed by atoms with Crippen LogP contribution in [-0.2, 0) is 11.2 Å². The SMILES string of the molecule is COc1cccc2c1CCC(C)N2C=O. The van der Waals surface area contributed by atoms with Gasteiger partial charge in [-0.25, -0.2) is 0 Å². The van der Waals surface area contributed by atoms with Crippen molar-refractivity contribution in [1.82, 2.24) is 0 Å². The highest BCUT2D eigenvalue weighted by Gasteiger charge is 2.24. The quantitative estimate of drug-likeness (QED) is 0.691. The summed E-state index contributed by atoms with van der Waals surface area (Å²) in [5, 5.41) is 0. The van der Waals surface area contributed by atoms with Crippen molar-refractivity contribution < 1.29 is 9.53 Å². The van der Waals surface area contributed by atoms with Gasteiger partial charge in [0, 0.05) is 11.6 Å². The summed E-state index contributed by atoms with van der Waals surface area (Å²) in [6.07, 6.45) is 2.87. The van der Waals surface area contributed by atoms with Crippen LogP contribution in [0.15, 0.2) is 18.2 Å². The summed E-state index contributed by atoms with van der Waals surface area (Å²) in [7, 11) is 1.67. The molecule has 1 unspecified atom stereocenters. The standard InChI is InChI=1S/C12H15NO2/c1-9-6-7-10-11(13(9)8-14)4-3-5-12(10)15-2/h3-5,8-9H,6-7H2,1-2H3. The number of ether oxygens (including phenoxy) is 1. The van der Waals surface area contributed by atoms with E-state index in [1.807, 2.05) is 18.2 Å². The van der Waals surface area contributed by atoms with E-state index in [9.17, 15) is 4.79 Å². The molecule has 2 rings (SSSR count). The van der Waals surface area contributed by atoms with E-state index < -0.39 is 0 Å². The van der Waals surface area contributed by atoms with Crippen molar-refractivity contribution in [3.63, 3.8) is 0 Å². The maximum atomic E-state index is 11.0. The number of amides is 1. The van der Waals surface area contributed by atoms with Crippen LogP contribution in [-0.4, -0.2) is 19.6 Å². The largest absolute Gasteiger partial charge is 0.496 e. The molecular weight excluding hydrogens is 190 g/mol. The van der Waals surface area contributed by atoms with Crippen molar-refractivity contribution in [2.75, 3.05) is 12.0 Å². The van der Waals surface area contributed by atoms with Gasteiger partial charge in [0.15, 0.2) is 0 Å². The van der Waals surface area contributed by atoms with Crippen molar-refractivity contribution in [3.8, 4) is 5.75 Å². The number of anilines is 1. The van der Waals surface area contributed by atoms with Crippen LogP contribution in [0.3, 0.4) is 0 Å². The first kappa shape index (κ1) is 10.0. The summed E-state index contributed by atoms with van der Waals surface area (Å²) in [4.78, 5) is 12.8. The molecule has 1 aliphatic rings. The lowest BCUT2D eigenvalue weighted by atomic mass is 9.96. The fourth-order valence-corrected chi connectivity index (χ4v) is 2.13. The molecule has 0 aliphatic carbocycles. The van der Waals surface area contributed by atoms with Crippen molar-refractivity contribution in [2.45, 2.75) is 25.8 Å². The molecule has 0 fully saturated rings. The van der Waals surface area contributed by atoms with Crippen LogP contribution >= 0.6 is 0 Å². The van der Waals surface area contributed by atoms with E-state index in [4.69, 9.17) is 4.74 Å². The topological polar surface area (TPSA) is 29.5 Å². The number of nitrogens with zero attached hydrogens (tertiary/aromatic N) is 1. The molecule has 0 N–H and O–H groups in total. The van der Waals surface area contributed by atoms with Crippen LogP contribution in [0.25, 0.3) is 0 Å². The third-order valence-electron chi connectivity index (χ3n) is 3.01. The van der Waals surface area contributed by atoms with Gasteiger partial charge in [-0.1, -0.05) is 6.07 Å². The van der Waals surface area contributed by atoms with Gasteiger partial charge in [-0.15, -0.1) is 0 Å². The number of carbonyl (C=O) groups excluding carboxylic acids is 1. The van der Waals surface area contributed by atoms with Crippen LogP contribution in [0.1, 0.15) is 18.9 Å². The molecule has 1 amide bonds. The first-order valence-corrected chi connectivity index (χ1v) is 5.17. The van der Waals surface area contributed by atoms with Crippen LogP contribution in [0, 0.1) is 0 Å². The first-order chi connectivity index (χ1) is 7.27. The van der Waals surface area contributed by atoms with E-state index in [0.29, 0.717) is 0 Å². The Balaban J connectivity index is 2.50. The van der Waals surface area contributed by atoms with E-state index in [0.717, 1.165) is 36.3 Å². The molecule has 1 atom stereocenters. The molecule has 1 heterocycles. The smallest absolute Gasteiger partial charge is 0.214 e. The van der Waals surface area contributed by atoms with Gasteiger partial charge in [0.05, 0.1) is 12.8 Å². The van der Waals surface area contributed by atoms with Crippen molar-refractivity contribution >= 4 is 12.1 Å². The number of benzene rings is 1. The summed E-state index contributed by atoms with van der Waals surface area (Å²) in [6.45, 7) is 2.07. The summed E-state index contributed by atoms with van der Waals surface area (Å²) in [5.41, 5.74) is 2.13. The fourth-order valence-electron chi connectivity index (χ4n) is 2.13. The molecule has 15 heavy (non-hydrogen) atoms. The molecule has 3 nitrogen and oxygen atoms in total. The second kappa shape index (κ2) is 3.93. The summed E-state index contributed by atoms with van der Waals surface area (Å²) >= 11 is 0. The molecule has 0 bridgehead atoms. The predicted octanol–water partition coefficient (Wildman–Crippen LogP) is 1.99. The molecule has 3 heteroatoms. The minimum atomic E-state index is 0.280. The molecule has 0 spiro atoms. The van der Waals surface area contributed by atoms with Crippen LogP contribution < -0.4 is 9.64 Å². The normalized spacial score (nSPS) is 19.6. The molecule has 0 radical (unpaired) electrons. The lowest BCUT2D eigenvalue weighted by molar-refractivity contribution is -0.107. The monoisotopic (exact) mass is 205 g/mol. The zero-order valence-corrected chi connectivity index (χ0v) is 9.06. The lowest BCUT2D eigenvalue weighted by Gasteiger charge is -2.32. The molecule has 0 aromatic heterocycles. The third kappa shape index (κ3) is 1.58. The fraction of sp³-hybridized carbons (Fsp3) is 0.417. The average Bonchev–Trinajstić information content (AvgIpc) is 2.28. The van der Waals surface area contributed by atoms with Gasteiger partial charge in [0.2, 0.25) is 6.41 Å². The summed E-state index contributed by atoms with van der Waals surface area (Å²) in [6, 6.07) is 6.12. The van der Waals surface area contributed by atoms with Gasteiger partial charge in [-0.05, 0) is 31.9 Å². The Morgan fingerprint density at radius 3 is 3.00 bits per heavy atom. The third-order valence-corrected chi connectivity index (χ3v) is 3.01. The molecule has 80 valence electrons. The van der Waals surface area contributed by atoms with E-state index in [1.54, 1.807) is 12.0 Å². The van der Waals surface area contributed by atoms with E-state index in [1.165, 1.54) is 0 Å². The second-order valence-corrected chi connectivity index (χ2v) is 3.86. The zero-order chi connectivity index (χ0) is 10.8. The Hall–Kier alpha value is -1.51. The number of fused-ring (bicyclic) bond motifs is 1. The Morgan fingerprint density at radius 2 is 2.33 bits per heavy atom. The molecule has 1 aromatic rings. The number of rotatable bonds is 2. The van der Waals surface area contributed by atoms with Crippen LogP contribution in [0.4, 0.5) is 5.69 Å². The van der Waals surface area contributed by atoms with Gasteiger partial charge in [-0.2, -0.15) is 0 Å². The van der Waals surface area contributed by atoms with E-state index in [-0.39, 0.29) is 6.04 Å². The van der Waals surface area contributed by atoms with Crippen LogP contribution in [0.5, 0.6) is 5.75 Å². The Morgan fingerprint density at radius 1 is 1.53 bits per heavy atom. The highest BCUT2D eigenvalue weighted by atomic mass is 16.5. The van der Waals surface area contributed by atoms with Crippen molar-refractivity contribution in [2.24, 2.45) is 0 Å². The van der Waals surface area contributed by atoms with Gasteiger partial charge in [0.1, 0.15) is 5.75 Å². The Kier molecular flexibility index (Phi) is 2.62. The first-order valence-electron chi connectivity index (χ1n) is 5.17. The van der Waals surface area contributed by atoms with Gasteiger partial charge in [-0.3, -0.25) is 4.79 Å². The van der Waals surface area contributed by atoms with Gasteiger partial charge < -0.3 is 9.64 Å². The summed E-state index contributed by atoms with van der Waals surface area (Å²) < 4.78 is 5.30.